The van der Waals surface area contributed by atoms with Gasteiger partial charge < -0.3 is 10.1 Å². The average molecular weight is 386 g/mol. The Morgan fingerprint density at radius 2 is 1.96 bits per heavy atom. The summed E-state index contributed by atoms with van der Waals surface area (Å²) in [4.78, 5) is 0. The Morgan fingerprint density at radius 3 is 2.63 bits per heavy atom. The SMILES string of the molecule is CCCNc1nnc(-c2ccc(C(F)(F)F)cc2OC(F)F)c2cccn12. The van der Waals surface area contributed by atoms with Crippen molar-refractivity contribution in [1.29, 1.82) is 0 Å². The highest BCUT2D eigenvalue weighted by atomic mass is 19.4. The van der Waals surface area contributed by atoms with E-state index in [1.807, 2.05) is 6.92 Å². The van der Waals surface area contributed by atoms with E-state index in [-0.39, 0.29) is 11.3 Å². The third-order valence-electron chi connectivity index (χ3n) is 3.78. The van der Waals surface area contributed by atoms with Crippen molar-refractivity contribution in [2.45, 2.75) is 26.1 Å². The second-order valence-corrected chi connectivity index (χ2v) is 5.65. The van der Waals surface area contributed by atoms with Crippen LogP contribution in [0.3, 0.4) is 0 Å². The summed E-state index contributed by atoms with van der Waals surface area (Å²) < 4.78 is 70.3. The number of halogens is 5. The molecule has 0 spiro atoms. The quantitative estimate of drug-likeness (QED) is 0.616. The lowest BCUT2D eigenvalue weighted by Crippen LogP contribution is -2.11. The molecule has 3 rings (SSSR count). The van der Waals surface area contributed by atoms with Gasteiger partial charge in [-0.3, -0.25) is 4.40 Å². The minimum Gasteiger partial charge on any atom is -0.434 e. The van der Waals surface area contributed by atoms with Crippen molar-refractivity contribution in [2.24, 2.45) is 0 Å². The summed E-state index contributed by atoms with van der Waals surface area (Å²) in [6.45, 7) is -0.674. The minimum atomic E-state index is -4.69. The van der Waals surface area contributed by atoms with Crippen LogP contribution >= 0.6 is 0 Å². The maximum absolute atomic E-state index is 12.9. The van der Waals surface area contributed by atoms with Crippen LogP contribution in [-0.2, 0) is 6.18 Å². The Kier molecular flexibility index (Phi) is 5.15. The van der Waals surface area contributed by atoms with Crippen LogP contribution in [0.5, 0.6) is 5.75 Å². The van der Waals surface area contributed by atoms with Crippen molar-refractivity contribution in [1.82, 2.24) is 14.6 Å². The summed E-state index contributed by atoms with van der Waals surface area (Å²) in [6, 6.07) is 5.72. The fourth-order valence-electron chi connectivity index (χ4n) is 2.59. The number of hydrogen-bond donors (Lipinski definition) is 1. The highest BCUT2D eigenvalue weighted by molar-refractivity contribution is 5.81. The summed E-state index contributed by atoms with van der Waals surface area (Å²) >= 11 is 0. The molecule has 0 unspecified atom stereocenters. The zero-order valence-corrected chi connectivity index (χ0v) is 14.1. The molecule has 2 aromatic heterocycles. The Labute approximate surface area is 150 Å². The fraction of sp³-hybridized carbons (Fsp3) is 0.294. The highest BCUT2D eigenvalue weighted by Crippen LogP contribution is 2.38. The second kappa shape index (κ2) is 7.37. The zero-order chi connectivity index (χ0) is 19.6. The standard InChI is InChI=1S/C17H15F5N4O/c1-2-7-23-16-25-24-14(12-4-3-8-26(12)16)11-6-5-10(17(20,21)22)9-13(11)27-15(18)19/h3-6,8-9,15H,2,7H2,1H3,(H,23,25). The second-order valence-electron chi connectivity index (χ2n) is 5.65. The van der Waals surface area contributed by atoms with Crippen molar-refractivity contribution < 1.29 is 26.7 Å². The highest BCUT2D eigenvalue weighted by Gasteiger charge is 2.32. The van der Waals surface area contributed by atoms with Gasteiger partial charge in [0.05, 0.1) is 11.1 Å². The smallest absolute Gasteiger partial charge is 0.416 e. The number of nitrogens with zero attached hydrogens (tertiary/aromatic N) is 3. The lowest BCUT2D eigenvalue weighted by Gasteiger charge is -2.15. The van der Waals surface area contributed by atoms with Crippen LogP contribution in [0.15, 0.2) is 36.5 Å². The van der Waals surface area contributed by atoms with E-state index < -0.39 is 24.1 Å². The lowest BCUT2D eigenvalue weighted by molar-refractivity contribution is -0.138. The van der Waals surface area contributed by atoms with E-state index in [0.29, 0.717) is 24.1 Å². The molecule has 0 bridgehead atoms. The number of hydrogen-bond acceptors (Lipinski definition) is 4. The third-order valence-corrected chi connectivity index (χ3v) is 3.78. The molecule has 1 aromatic carbocycles. The first-order valence-electron chi connectivity index (χ1n) is 8.05. The van der Waals surface area contributed by atoms with Crippen LogP contribution < -0.4 is 10.1 Å². The molecule has 0 aliphatic heterocycles. The molecule has 0 radical (unpaired) electrons. The molecule has 0 aliphatic rings. The van der Waals surface area contributed by atoms with Crippen LogP contribution in [0.2, 0.25) is 0 Å². The van der Waals surface area contributed by atoms with Gasteiger partial charge >= 0.3 is 12.8 Å². The van der Waals surface area contributed by atoms with E-state index >= 15 is 0 Å². The molecule has 0 saturated carbocycles. The molecule has 5 nitrogen and oxygen atoms in total. The first-order chi connectivity index (χ1) is 12.8. The monoisotopic (exact) mass is 386 g/mol. The van der Waals surface area contributed by atoms with Gasteiger partial charge in [-0.25, -0.2) is 0 Å². The zero-order valence-electron chi connectivity index (χ0n) is 14.1. The number of anilines is 1. The van der Waals surface area contributed by atoms with E-state index in [1.165, 1.54) is 0 Å². The topological polar surface area (TPSA) is 51.5 Å². The van der Waals surface area contributed by atoms with Crippen molar-refractivity contribution in [2.75, 3.05) is 11.9 Å². The van der Waals surface area contributed by atoms with Gasteiger partial charge in [0.1, 0.15) is 11.4 Å². The van der Waals surface area contributed by atoms with Gasteiger partial charge in [0.15, 0.2) is 0 Å². The van der Waals surface area contributed by atoms with Crippen LogP contribution in [0.4, 0.5) is 27.9 Å². The largest absolute Gasteiger partial charge is 0.434 e. The molecule has 0 fully saturated rings. The van der Waals surface area contributed by atoms with E-state index in [0.717, 1.165) is 18.6 Å². The Hall–Kier alpha value is -2.91. The van der Waals surface area contributed by atoms with Gasteiger partial charge in [-0.15, -0.1) is 10.2 Å². The van der Waals surface area contributed by atoms with Crippen molar-refractivity contribution in [3.8, 4) is 17.0 Å². The number of fused-ring (bicyclic) bond motifs is 1. The average Bonchev–Trinajstić information content (AvgIpc) is 3.08. The Balaban J connectivity index is 2.14. The van der Waals surface area contributed by atoms with Crippen molar-refractivity contribution in [3.05, 3.63) is 42.1 Å². The molecule has 27 heavy (non-hydrogen) atoms. The van der Waals surface area contributed by atoms with Crippen molar-refractivity contribution >= 4 is 11.5 Å². The van der Waals surface area contributed by atoms with E-state index in [1.54, 1.807) is 22.7 Å². The maximum Gasteiger partial charge on any atom is 0.416 e. The summed E-state index contributed by atoms with van der Waals surface area (Å²) in [5, 5.41) is 11.1. The molecule has 0 saturated heterocycles. The summed E-state index contributed by atoms with van der Waals surface area (Å²) in [5.41, 5.74) is -0.488. The van der Waals surface area contributed by atoms with E-state index in [9.17, 15) is 22.0 Å². The molecule has 144 valence electrons. The Morgan fingerprint density at radius 1 is 1.19 bits per heavy atom. The number of nitrogens with one attached hydrogen (secondary N) is 1. The number of benzene rings is 1. The van der Waals surface area contributed by atoms with Crippen LogP contribution in [-0.4, -0.2) is 27.8 Å². The predicted molar refractivity (Wildman–Crippen MR) is 88.8 cm³/mol. The Bertz CT molecular complexity index is 939. The summed E-state index contributed by atoms with van der Waals surface area (Å²) in [7, 11) is 0. The minimum absolute atomic E-state index is 0.0125. The van der Waals surface area contributed by atoms with Gasteiger partial charge in [0.2, 0.25) is 5.95 Å². The molecular formula is C17H15F5N4O. The fourth-order valence-corrected chi connectivity index (χ4v) is 2.59. The molecule has 0 aliphatic carbocycles. The predicted octanol–water partition coefficient (Wildman–Crippen LogP) is 4.84. The third kappa shape index (κ3) is 3.93. The number of ether oxygens (including phenoxy) is 1. The number of rotatable bonds is 6. The number of aromatic nitrogens is 3. The van der Waals surface area contributed by atoms with Gasteiger partial charge in [0.25, 0.3) is 0 Å². The lowest BCUT2D eigenvalue weighted by atomic mass is 10.1. The van der Waals surface area contributed by atoms with Gasteiger partial charge in [-0.2, -0.15) is 22.0 Å². The van der Waals surface area contributed by atoms with Crippen LogP contribution in [0.25, 0.3) is 16.8 Å². The first kappa shape index (κ1) is 18.9. The maximum atomic E-state index is 12.9. The van der Waals surface area contributed by atoms with Crippen molar-refractivity contribution in [3.63, 3.8) is 0 Å². The molecule has 1 N–H and O–H groups in total. The molecular weight excluding hydrogens is 371 g/mol. The van der Waals surface area contributed by atoms with Gasteiger partial charge in [-0.05, 0) is 36.8 Å². The van der Waals surface area contributed by atoms with Crippen LogP contribution in [0.1, 0.15) is 18.9 Å². The molecule has 3 aromatic rings. The molecule has 0 amide bonds. The first-order valence-corrected chi connectivity index (χ1v) is 8.05. The molecule has 0 atom stereocenters. The summed E-state index contributed by atoms with van der Waals surface area (Å²) in [5.74, 6) is -0.185. The van der Waals surface area contributed by atoms with Gasteiger partial charge in [0, 0.05) is 18.3 Å². The van der Waals surface area contributed by atoms with Gasteiger partial charge in [-0.1, -0.05) is 6.92 Å². The number of alkyl halides is 5. The van der Waals surface area contributed by atoms with Crippen LogP contribution in [0, 0.1) is 0 Å². The normalized spacial score (nSPS) is 12.0. The van der Waals surface area contributed by atoms with E-state index in [4.69, 9.17) is 0 Å². The van der Waals surface area contributed by atoms with E-state index in [2.05, 4.69) is 20.3 Å². The molecule has 10 heteroatoms. The summed E-state index contributed by atoms with van der Waals surface area (Å²) in [6.07, 6.45) is -2.16. The molecule has 2 heterocycles.